The van der Waals surface area contributed by atoms with Crippen molar-refractivity contribution in [1.29, 1.82) is 0 Å². The Labute approximate surface area is 99.5 Å². The van der Waals surface area contributed by atoms with Crippen LogP contribution in [0, 0.1) is 10.1 Å². The van der Waals surface area contributed by atoms with Gasteiger partial charge in [0.1, 0.15) is 11.4 Å². The third-order valence-electron chi connectivity index (χ3n) is 2.80. The van der Waals surface area contributed by atoms with Crippen LogP contribution in [0.25, 0.3) is 0 Å². The zero-order valence-electron chi connectivity index (χ0n) is 10.1. The average Bonchev–Trinajstić information content (AvgIpc) is 2.36. The summed E-state index contributed by atoms with van der Waals surface area (Å²) in [7, 11) is 3.00. The smallest absolute Gasteiger partial charge is 0.270 e. The van der Waals surface area contributed by atoms with Crippen molar-refractivity contribution < 1.29 is 14.4 Å². The van der Waals surface area contributed by atoms with Crippen LogP contribution in [0.15, 0.2) is 18.2 Å². The van der Waals surface area contributed by atoms with Crippen LogP contribution in [0.1, 0.15) is 12.5 Å². The molecule has 2 N–H and O–H groups in total. The van der Waals surface area contributed by atoms with E-state index < -0.39 is 10.5 Å². The molecular weight excluding hydrogens is 224 g/mol. The number of nitrogens with two attached hydrogens (primary N) is 1. The summed E-state index contributed by atoms with van der Waals surface area (Å²) in [5.41, 5.74) is 5.39. The third-order valence-corrected chi connectivity index (χ3v) is 2.80. The van der Waals surface area contributed by atoms with Gasteiger partial charge in [-0.1, -0.05) is 0 Å². The van der Waals surface area contributed by atoms with Gasteiger partial charge in [-0.3, -0.25) is 10.1 Å². The summed E-state index contributed by atoms with van der Waals surface area (Å²) in [6.45, 7) is 1.95. The van der Waals surface area contributed by atoms with Crippen LogP contribution in [-0.4, -0.2) is 25.7 Å². The SMILES string of the molecule is COc1ccc([N+](=O)[O-])cc1C(C)(CN)OC. The van der Waals surface area contributed by atoms with Gasteiger partial charge in [0.15, 0.2) is 0 Å². The average molecular weight is 240 g/mol. The van der Waals surface area contributed by atoms with Crippen LogP contribution < -0.4 is 10.5 Å². The number of nitro groups is 1. The first-order chi connectivity index (χ1) is 7.98. The van der Waals surface area contributed by atoms with Crippen molar-refractivity contribution in [2.45, 2.75) is 12.5 Å². The van der Waals surface area contributed by atoms with Crippen LogP contribution in [-0.2, 0) is 10.3 Å². The number of nitrogens with zero attached hydrogens (tertiary/aromatic N) is 1. The van der Waals surface area contributed by atoms with Crippen LogP contribution in [0.5, 0.6) is 5.75 Å². The number of nitro benzene ring substituents is 1. The lowest BCUT2D eigenvalue weighted by atomic mass is 9.94. The zero-order chi connectivity index (χ0) is 13.1. The summed E-state index contributed by atoms with van der Waals surface area (Å²) in [6, 6.07) is 4.35. The molecule has 1 unspecified atom stereocenters. The van der Waals surface area contributed by atoms with E-state index in [1.807, 2.05) is 0 Å². The van der Waals surface area contributed by atoms with Gasteiger partial charge in [0, 0.05) is 31.4 Å². The summed E-state index contributed by atoms with van der Waals surface area (Å²) in [4.78, 5) is 10.3. The number of ether oxygens (including phenoxy) is 2. The Hall–Kier alpha value is -1.66. The largest absolute Gasteiger partial charge is 0.496 e. The third kappa shape index (κ3) is 2.54. The summed E-state index contributed by atoms with van der Waals surface area (Å²) in [5.74, 6) is 0.519. The molecule has 0 bridgehead atoms. The Morgan fingerprint density at radius 1 is 1.47 bits per heavy atom. The molecule has 0 heterocycles. The van der Waals surface area contributed by atoms with Crippen molar-refractivity contribution in [2.24, 2.45) is 5.73 Å². The molecule has 0 spiro atoms. The molecule has 1 atom stereocenters. The highest BCUT2D eigenvalue weighted by molar-refractivity contribution is 5.46. The quantitative estimate of drug-likeness (QED) is 0.621. The van der Waals surface area contributed by atoms with Crippen LogP contribution in [0.3, 0.4) is 0 Å². The first kappa shape index (κ1) is 13.4. The monoisotopic (exact) mass is 240 g/mol. The molecule has 0 aliphatic carbocycles. The van der Waals surface area contributed by atoms with Crippen molar-refractivity contribution >= 4 is 5.69 Å². The van der Waals surface area contributed by atoms with Crippen molar-refractivity contribution in [3.63, 3.8) is 0 Å². The van der Waals surface area contributed by atoms with Gasteiger partial charge in [-0.25, -0.2) is 0 Å². The highest BCUT2D eigenvalue weighted by Gasteiger charge is 2.29. The molecule has 0 saturated heterocycles. The number of methoxy groups -OCH3 is 2. The van der Waals surface area contributed by atoms with Gasteiger partial charge in [-0.05, 0) is 13.0 Å². The zero-order valence-corrected chi connectivity index (χ0v) is 10.1. The van der Waals surface area contributed by atoms with Crippen LogP contribution in [0.4, 0.5) is 5.69 Å². The minimum absolute atomic E-state index is 0.0162. The van der Waals surface area contributed by atoms with Crippen molar-refractivity contribution in [3.8, 4) is 5.75 Å². The molecule has 0 fully saturated rings. The van der Waals surface area contributed by atoms with Gasteiger partial charge in [-0.2, -0.15) is 0 Å². The highest BCUT2D eigenvalue weighted by atomic mass is 16.6. The summed E-state index contributed by atoms with van der Waals surface area (Å²) in [6.07, 6.45) is 0. The van der Waals surface area contributed by atoms with E-state index in [2.05, 4.69) is 0 Å². The maximum Gasteiger partial charge on any atom is 0.270 e. The number of hydrogen-bond acceptors (Lipinski definition) is 5. The number of hydrogen-bond donors (Lipinski definition) is 1. The first-order valence-corrected chi connectivity index (χ1v) is 5.06. The van der Waals surface area contributed by atoms with Crippen LogP contribution >= 0.6 is 0 Å². The summed E-state index contributed by atoms with van der Waals surface area (Å²) >= 11 is 0. The van der Waals surface area contributed by atoms with E-state index in [4.69, 9.17) is 15.2 Å². The lowest BCUT2D eigenvalue weighted by Gasteiger charge is -2.28. The van der Waals surface area contributed by atoms with Gasteiger partial charge in [0.25, 0.3) is 5.69 Å². The second kappa shape index (κ2) is 5.11. The normalized spacial score (nSPS) is 14.1. The molecule has 17 heavy (non-hydrogen) atoms. The minimum atomic E-state index is -0.808. The molecule has 94 valence electrons. The summed E-state index contributed by atoms with van der Waals surface area (Å²) in [5, 5.41) is 10.7. The predicted octanol–water partition coefficient (Wildman–Crippen LogP) is 1.42. The Bertz CT molecular complexity index is 416. The lowest BCUT2D eigenvalue weighted by Crippen LogP contribution is -2.34. The molecule has 0 aliphatic rings. The van der Waals surface area contributed by atoms with E-state index in [-0.39, 0.29) is 12.2 Å². The fourth-order valence-corrected chi connectivity index (χ4v) is 1.53. The van der Waals surface area contributed by atoms with Gasteiger partial charge in [-0.15, -0.1) is 0 Å². The maximum atomic E-state index is 10.7. The molecule has 1 rings (SSSR count). The topological polar surface area (TPSA) is 87.6 Å². The second-order valence-corrected chi connectivity index (χ2v) is 3.78. The highest BCUT2D eigenvalue weighted by Crippen LogP contribution is 2.34. The van der Waals surface area contributed by atoms with Gasteiger partial charge >= 0.3 is 0 Å². The molecule has 0 aliphatic heterocycles. The van der Waals surface area contributed by atoms with E-state index in [0.717, 1.165) is 0 Å². The maximum absolute atomic E-state index is 10.7. The minimum Gasteiger partial charge on any atom is -0.496 e. The molecule has 0 amide bonds. The Kier molecular flexibility index (Phi) is 4.03. The Morgan fingerprint density at radius 3 is 2.53 bits per heavy atom. The van der Waals surface area contributed by atoms with Gasteiger partial charge < -0.3 is 15.2 Å². The van der Waals surface area contributed by atoms with Gasteiger partial charge in [0.05, 0.1) is 12.0 Å². The van der Waals surface area contributed by atoms with Crippen molar-refractivity contribution in [2.75, 3.05) is 20.8 Å². The molecular formula is C11H16N2O4. The molecule has 1 aromatic rings. The van der Waals surface area contributed by atoms with E-state index >= 15 is 0 Å². The number of non-ortho nitro benzene ring substituents is 1. The molecule has 0 saturated carbocycles. The summed E-state index contributed by atoms with van der Waals surface area (Å²) < 4.78 is 10.5. The Balaban J connectivity index is 3.37. The van der Waals surface area contributed by atoms with Gasteiger partial charge in [0.2, 0.25) is 0 Å². The molecule has 0 aromatic heterocycles. The molecule has 1 aromatic carbocycles. The second-order valence-electron chi connectivity index (χ2n) is 3.78. The predicted molar refractivity (Wildman–Crippen MR) is 63.1 cm³/mol. The van der Waals surface area contributed by atoms with Crippen molar-refractivity contribution in [3.05, 3.63) is 33.9 Å². The van der Waals surface area contributed by atoms with E-state index in [1.165, 1.54) is 26.4 Å². The van der Waals surface area contributed by atoms with Crippen molar-refractivity contribution in [1.82, 2.24) is 0 Å². The standard InChI is InChI=1S/C11H16N2O4/c1-11(7-12,17-3)9-6-8(13(14)15)4-5-10(9)16-2/h4-6H,7,12H2,1-3H3. The lowest BCUT2D eigenvalue weighted by molar-refractivity contribution is -0.385. The Morgan fingerprint density at radius 2 is 2.12 bits per heavy atom. The van der Waals surface area contributed by atoms with E-state index in [1.54, 1.807) is 13.0 Å². The number of benzene rings is 1. The molecule has 6 heteroatoms. The first-order valence-electron chi connectivity index (χ1n) is 5.06. The number of rotatable bonds is 5. The molecule has 0 radical (unpaired) electrons. The van der Waals surface area contributed by atoms with E-state index in [9.17, 15) is 10.1 Å². The fraction of sp³-hybridized carbons (Fsp3) is 0.455. The molecule has 6 nitrogen and oxygen atoms in total. The fourth-order valence-electron chi connectivity index (χ4n) is 1.53. The van der Waals surface area contributed by atoms with E-state index in [0.29, 0.717) is 11.3 Å². The van der Waals surface area contributed by atoms with Crippen LogP contribution in [0.2, 0.25) is 0 Å².